The van der Waals surface area contributed by atoms with Crippen molar-refractivity contribution in [3.63, 3.8) is 0 Å². The van der Waals surface area contributed by atoms with Crippen LogP contribution < -0.4 is 0 Å². The zero-order valence-electron chi connectivity index (χ0n) is 10.2. The molecule has 0 spiro atoms. The average molecular weight is 214 g/mol. The predicted molar refractivity (Wildman–Crippen MR) is 59.5 cm³/mol. The number of esters is 1. The first-order chi connectivity index (χ1) is 6.93. The summed E-state index contributed by atoms with van der Waals surface area (Å²) in [5.41, 5.74) is 0. The molecule has 0 aromatic rings. The third-order valence-corrected chi connectivity index (χ3v) is 2.14. The zero-order valence-corrected chi connectivity index (χ0v) is 10.2. The maximum Gasteiger partial charge on any atom is 0.308 e. The van der Waals surface area contributed by atoms with Crippen LogP contribution in [0.25, 0.3) is 0 Å². The minimum Gasteiger partial charge on any atom is -0.465 e. The first-order valence-corrected chi connectivity index (χ1v) is 5.59. The Labute approximate surface area is 92.2 Å². The van der Waals surface area contributed by atoms with Gasteiger partial charge in [0.1, 0.15) is 5.78 Å². The Balaban J connectivity index is 3.60. The summed E-state index contributed by atoms with van der Waals surface area (Å²) in [6.45, 7) is 7.95. The first-order valence-electron chi connectivity index (χ1n) is 5.59. The molecule has 0 aromatic heterocycles. The van der Waals surface area contributed by atoms with E-state index in [4.69, 9.17) is 4.74 Å². The Bertz CT molecular complexity index is 209. The Morgan fingerprint density at radius 1 is 1.20 bits per heavy atom. The fourth-order valence-corrected chi connectivity index (χ4v) is 1.44. The van der Waals surface area contributed by atoms with Crippen LogP contribution in [-0.2, 0) is 14.3 Å². The van der Waals surface area contributed by atoms with Crippen molar-refractivity contribution in [1.29, 1.82) is 0 Å². The molecule has 15 heavy (non-hydrogen) atoms. The molecule has 0 aliphatic heterocycles. The second-order valence-electron chi connectivity index (χ2n) is 4.50. The minimum atomic E-state index is -0.146. The van der Waals surface area contributed by atoms with E-state index in [0.717, 1.165) is 6.42 Å². The van der Waals surface area contributed by atoms with E-state index in [1.54, 1.807) is 6.92 Å². The second kappa shape index (κ2) is 7.43. The molecule has 0 bridgehead atoms. The number of hydrogen-bond donors (Lipinski definition) is 0. The molecule has 0 fully saturated rings. The van der Waals surface area contributed by atoms with Gasteiger partial charge in [-0.05, 0) is 25.7 Å². The summed E-state index contributed by atoms with van der Waals surface area (Å²) in [5, 5.41) is 0. The van der Waals surface area contributed by atoms with Crippen LogP contribution in [-0.4, -0.2) is 18.4 Å². The van der Waals surface area contributed by atoms with Gasteiger partial charge in [-0.2, -0.15) is 0 Å². The molecule has 0 saturated heterocycles. The van der Waals surface area contributed by atoms with Gasteiger partial charge in [0.15, 0.2) is 0 Å². The van der Waals surface area contributed by atoms with Crippen LogP contribution in [0, 0.1) is 11.8 Å². The Morgan fingerprint density at radius 3 is 2.27 bits per heavy atom. The molecule has 0 radical (unpaired) electrons. The summed E-state index contributed by atoms with van der Waals surface area (Å²) in [5.74, 6) is 0.459. The highest BCUT2D eigenvalue weighted by Crippen LogP contribution is 2.12. The molecule has 3 nitrogen and oxygen atoms in total. The molecule has 0 aliphatic rings. The summed E-state index contributed by atoms with van der Waals surface area (Å²) in [6, 6.07) is 0. The molecule has 0 amide bonds. The molecule has 0 aliphatic carbocycles. The molecule has 1 unspecified atom stereocenters. The van der Waals surface area contributed by atoms with Crippen molar-refractivity contribution in [2.75, 3.05) is 6.61 Å². The second-order valence-corrected chi connectivity index (χ2v) is 4.50. The van der Waals surface area contributed by atoms with Gasteiger partial charge in [-0.1, -0.05) is 20.8 Å². The van der Waals surface area contributed by atoms with E-state index in [1.165, 1.54) is 0 Å². The molecule has 88 valence electrons. The quantitative estimate of drug-likeness (QED) is 0.483. The van der Waals surface area contributed by atoms with E-state index < -0.39 is 0 Å². The number of ether oxygens (including phenoxy) is 1. The van der Waals surface area contributed by atoms with Crippen LogP contribution in [0.4, 0.5) is 0 Å². The van der Waals surface area contributed by atoms with Crippen LogP contribution in [0.2, 0.25) is 0 Å². The third kappa shape index (κ3) is 8.16. The lowest BCUT2D eigenvalue weighted by Gasteiger charge is -2.12. The number of rotatable bonds is 7. The number of carbonyl (C=O) groups is 2. The number of ketones is 1. The monoisotopic (exact) mass is 214 g/mol. The van der Waals surface area contributed by atoms with Crippen LogP contribution in [0.1, 0.15) is 47.0 Å². The highest BCUT2D eigenvalue weighted by molar-refractivity contribution is 5.75. The SMILES string of the molecule is CC(=O)CCCOC(=O)C(C)CC(C)C. The van der Waals surface area contributed by atoms with Crippen molar-refractivity contribution in [2.45, 2.75) is 47.0 Å². The van der Waals surface area contributed by atoms with Crippen LogP contribution >= 0.6 is 0 Å². The van der Waals surface area contributed by atoms with E-state index in [0.29, 0.717) is 25.4 Å². The van der Waals surface area contributed by atoms with E-state index in [1.807, 2.05) is 6.92 Å². The smallest absolute Gasteiger partial charge is 0.308 e. The van der Waals surface area contributed by atoms with Crippen molar-refractivity contribution < 1.29 is 14.3 Å². The summed E-state index contributed by atoms with van der Waals surface area (Å²) < 4.78 is 5.06. The average Bonchev–Trinajstić information content (AvgIpc) is 2.10. The zero-order chi connectivity index (χ0) is 11.8. The van der Waals surface area contributed by atoms with Crippen molar-refractivity contribution in [3.05, 3.63) is 0 Å². The standard InChI is InChI=1S/C12H22O3/c1-9(2)8-10(3)12(14)15-7-5-6-11(4)13/h9-10H,5-8H2,1-4H3. The molecule has 1 atom stereocenters. The first kappa shape index (κ1) is 14.1. The highest BCUT2D eigenvalue weighted by Gasteiger charge is 2.15. The van der Waals surface area contributed by atoms with E-state index in [2.05, 4.69) is 13.8 Å². The van der Waals surface area contributed by atoms with Gasteiger partial charge < -0.3 is 9.53 Å². The molecule has 0 heterocycles. The highest BCUT2D eigenvalue weighted by atomic mass is 16.5. The molecule has 0 saturated carbocycles. The molecule has 0 aromatic carbocycles. The summed E-state index contributed by atoms with van der Waals surface area (Å²) >= 11 is 0. The van der Waals surface area contributed by atoms with Gasteiger partial charge in [-0.15, -0.1) is 0 Å². The summed E-state index contributed by atoms with van der Waals surface area (Å²) in [7, 11) is 0. The number of carbonyl (C=O) groups excluding carboxylic acids is 2. The van der Waals surface area contributed by atoms with Crippen LogP contribution in [0.3, 0.4) is 0 Å². The topological polar surface area (TPSA) is 43.4 Å². The normalized spacial score (nSPS) is 12.6. The van der Waals surface area contributed by atoms with E-state index in [9.17, 15) is 9.59 Å². The largest absolute Gasteiger partial charge is 0.465 e. The Kier molecular flexibility index (Phi) is 7.01. The summed E-state index contributed by atoms with van der Waals surface area (Å²) in [4.78, 5) is 22.0. The van der Waals surface area contributed by atoms with Crippen molar-refractivity contribution in [2.24, 2.45) is 11.8 Å². The molecule has 0 N–H and O–H groups in total. The molecular weight excluding hydrogens is 192 g/mol. The fraction of sp³-hybridized carbons (Fsp3) is 0.833. The third-order valence-electron chi connectivity index (χ3n) is 2.14. The maximum atomic E-state index is 11.4. The van der Waals surface area contributed by atoms with Gasteiger partial charge in [0, 0.05) is 6.42 Å². The van der Waals surface area contributed by atoms with Gasteiger partial charge in [0.05, 0.1) is 12.5 Å². The van der Waals surface area contributed by atoms with Gasteiger partial charge >= 0.3 is 5.97 Å². The minimum absolute atomic E-state index is 0.0395. The van der Waals surface area contributed by atoms with Crippen molar-refractivity contribution >= 4 is 11.8 Å². The van der Waals surface area contributed by atoms with Crippen molar-refractivity contribution in [1.82, 2.24) is 0 Å². The van der Waals surface area contributed by atoms with E-state index in [-0.39, 0.29) is 17.7 Å². The lowest BCUT2D eigenvalue weighted by Crippen LogP contribution is -2.17. The Hall–Kier alpha value is -0.860. The van der Waals surface area contributed by atoms with Crippen molar-refractivity contribution in [3.8, 4) is 0 Å². The number of hydrogen-bond acceptors (Lipinski definition) is 3. The van der Waals surface area contributed by atoms with E-state index >= 15 is 0 Å². The van der Waals surface area contributed by atoms with Gasteiger partial charge in [-0.25, -0.2) is 0 Å². The van der Waals surface area contributed by atoms with Gasteiger partial charge in [-0.3, -0.25) is 4.79 Å². The molecule has 0 rings (SSSR count). The maximum absolute atomic E-state index is 11.4. The molecule has 3 heteroatoms. The molecular formula is C12H22O3. The summed E-state index contributed by atoms with van der Waals surface area (Å²) in [6.07, 6.45) is 1.98. The van der Waals surface area contributed by atoms with Crippen LogP contribution in [0.5, 0.6) is 0 Å². The number of Topliss-reactive ketones (excluding diaryl/α,β-unsaturated/α-hetero) is 1. The lowest BCUT2D eigenvalue weighted by atomic mass is 9.99. The van der Waals surface area contributed by atoms with Crippen LogP contribution in [0.15, 0.2) is 0 Å². The van der Waals surface area contributed by atoms with Gasteiger partial charge in [0.2, 0.25) is 0 Å². The Morgan fingerprint density at radius 2 is 1.80 bits per heavy atom. The predicted octanol–water partition coefficient (Wildman–Crippen LogP) is 2.58. The lowest BCUT2D eigenvalue weighted by molar-refractivity contribution is -0.148. The fourth-order valence-electron chi connectivity index (χ4n) is 1.44. The van der Waals surface area contributed by atoms with Gasteiger partial charge in [0.25, 0.3) is 0 Å².